The van der Waals surface area contributed by atoms with Crippen molar-refractivity contribution in [3.05, 3.63) is 139 Å². The molecule has 0 N–H and O–H groups in total. The van der Waals surface area contributed by atoms with Gasteiger partial charge in [-0.2, -0.15) is 0 Å². The molecule has 0 aliphatic heterocycles. The highest BCUT2D eigenvalue weighted by atomic mass is 79.9. The molecule has 4 rings (SSSR count). The minimum absolute atomic E-state index is 0.131. The van der Waals surface area contributed by atoms with Gasteiger partial charge in [-0.1, -0.05) is 127 Å². The highest BCUT2D eigenvalue weighted by Gasteiger charge is 2.21. The maximum absolute atomic E-state index is 12.5. The Hall–Kier alpha value is -3.03. The molecule has 4 nitrogen and oxygen atoms in total. The smallest absolute Gasteiger partial charge is 0.293 e. The van der Waals surface area contributed by atoms with Crippen LogP contribution in [0.25, 0.3) is 0 Å². The molecule has 43 heavy (non-hydrogen) atoms. The summed E-state index contributed by atoms with van der Waals surface area (Å²) in [6, 6.07) is 30.8. The fourth-order valence-electron chi connectivity index (χ4n) is 4.37. The quantitative estimate of drug-likeness (QED) is 0.121. The Morgan fingerprint density at radius 1 is 0.791 bits per heavy atom. The molecule has 0 aliphatic carbocycles. The third-order valence-corrected chi connectivity index (χ3v) is 7.47. The predicted octanol–water partition coefficient (Wildman–Crippen LogP) is 11.6. The molecule has 4 aromatic rings. The lowest BCUT2D eigenvalue weighted by Gasteiger charge is -2.26. The van der Waals surface area contributed by atoms with Crippen LogP contribution in [0.2, 0.25) is 0 Å². The van der Waals surface area contributed by atoms with Gasteiger partial charge in [0, 0.05) is 28.1 Å². The Morgan fingerprint density at radius 3 is 1.86 bits per heavy atom. The van der Waals surface area contributed by atoms with Crippen molar-refractivity contribution in [2.45, 2.75) is 60.4 Å². The van der Waals surface area contributed by atoms with E-state index in [4.69, 9.17) is 0 Å². The lowest BCUT2D eigenvalue weighted by atomic mass is 10.0. The van der Waals surface area contributed by atoms with Gasteiger partial charge >= 0.3 is 0 Å². The summed E-state index contributed by atoms with van der Waals surface area (Å²) >= 11 is 6.54. The summed E-state index contributed by atoms with van der Waals surface area (Å²) in [5.74, 6) is 1.10. The van der Waals surface area contributed by atoms with Crippen LogP contribution in [-0.2, 0) is 13.0 Å². The van der Waals surface area contributed by atoms with Crippen LogP contribution >= 0.6 is 31.9 Å². The minimum atomic E-state index is -0.321. The second-order valence-corrected chi connectivity index (χ2v) is 13.1. The predicted molar refractivity (Wildman–Crippen MR) is 186 cm³/mol. The summed E-state index contributed by atoms with van der Waals surface area (Å²) in [7, 11) is 0. The molecular formula is C36H43Br2FN2O2. The summed E-state index contributed by atoms with van der Waals surface area (Å²) in [6.07, 6.45) is 3.90. The summed E-state index contributed by atoms with van der Waals surface area (Å²) < 4.78 is 14.1. The number of hydrogen-bond acceptors (Lipinski definition) is 3. The van der Waals surface area contributed by atoms with Gasteiger partial charge in [-0.15, -0.1) is 0 Å². The second kappa shape index (κ2) is 19.3. The van der Waals surface area contributed by atoms with Crippen molar-refractivity contribution in [1.29, 1.82) is 0 Å². The molecule has 0 saturated carbocycles. The number of nitro groups is 1. The first kappa shape index (κ1) is 36.2. The number of nitro benzene ring substituents is 1. The molecular weight excluding hydrogens is 671 g/mol. The number of benzene rings is 4. The number of nitrogens with zero attached hydrogens (tertiary/aromatic N) is 2. The Labute approximate surface area is 273 Å². The van der Waals surface area contributed by atoms with E-state index in [0.29, 0.717) is 28.2 Å². The number of anilines is 1. The number of rotatable bonds is 10. The number of aryl methyl sites for hydroxylation is 2. The Balaban J connectivity index is 0.000000256. The van der Waals surface area contributed by atoms with Gasteiger partial charge in [0.1, 0.15) is 11.5 Å². The monoisotopic (exact) mass is 712 g/mol. The van der Waals surface area contributed by atoms with Crippen molar-refractivity contribution in [3.63, 3.8) is 0 Å². The molecule has 0 bridgehead atoms. The highest BCUT2D eigenvalue weighted by Crippen LogP contribution is 2.32. The molecule has 0 spiro atoms. The standard InChI is InChI=1S/C17H19BrN2O2.C12H18.C7H6BrF/c1-13(2)11-19(12-14-6-4-3-5-7-14)16-9-8-15(18)10-17(16)20(21)22;1-11(2)7-6-10-12-8-4-3-5-9-12;1-5-4-6(8)2-3-7(5)9/h3-10,13H,11-12H2,1-2H3;3-5,8-9,11H,6-7,10H2,1-2H3;2-4H,1H3. The van der Waals surface area contributed by atoms with E-state index in [1.54, 1.807) is 25.1 Å². The van der Waals surface area contributed by atoms with E-state index in [1.165, 1.54) is 30.9 Å². The van der Waals surface area contributed by atoms with E-state index in [2.05, 4.69) is 94.8 Å². The summed E-state index contributed by atoms with van der Waals surface area (Å²) in [6.45, 7) is 11.9. The largest absolute Gasteiger partial charge is 0.361 e. The molecule has 0 heterocycles. The van der Waals surface area contributed by atoms with Crippen LogP contribution in [-0.4, -0.2) is 11.5 Å². The minimum Gasteiger partial charge on any atom is -0.361 e. The lowest BCUT2D eigenvalue weighted by Crippen LogP contribution is -2.27. The van der Waals surface area contributed by atoms with Crippen molar-refractivity contribution in [3.8, 4) is 0 Å². The van der Waals surface area contributed by atoms with E-state index >= 15 is 0 Å². The van der Waals surface area contributed by atoms with E-state index < -0.39 is 0 Å². The fraction of sp³-hybridized carbons (Fsp3) is 0.333. The van der Waals surface area contributed by atoms with E-state index in [1.807, 2.05) is 42.5 Å². The first-order valence-electron chi connectivity index (χ1n) is 14.6. The van der Waals surface area contributed by atoms with Crippen LogP contribution < -0.4 is 4.90 Å². The Kier molecular flexibility index (Phi) is 16.2. The second-order valence-electron chi connectivity index (χ2n) is 11.3. The summed E-state index contributed by atoms with van der Waals surface area (Å²) in [5, 5.41) is 11.4. The van der Waals surface area contributed by atoms with Crippen molar-refractivity contribution in [2.75, 3.05) is 11.4 Å². The molecule has 0 aromatic heterocycles. The van der Waals surface area contributed by atoms with E-state index in [-0.39, 0.29) is 16.4 Å². The maximum Gasteiger partial charge on any atom is 0.293 e. The van der Waals surface area contributed by atoms with Crippen LogP contribution in [0.5, 0.6) is 0 Å². The van der Waals surface area contributed by atoms with Crippen molar-refractivity contribution in [2.24, 2.45) is 11.8 Å². The lowest BCUT2D eigenvalue weighted by molar-refractivity contribution is -0.384. The SMILES string of the molecule is CC(C)CCCc1ccccc1.CC(C)CN(Cc1ccccc1)c1ccc(Br)cc1[N+](=O)[O-].Cc1cc(Br)ccc1F. The third-order valence-electron chi connectivity index (χ3n) is 6.49. The molecule has 0 fully saturated rings. The first-order chi connectivity index (χ1) is 20.5. The first-order valence-corrected chi connectivity index (χ1v) is 16.2. The van der Waals surface area contributed by atoms with Gasteiger partial charge < -0.3 is 4.90 Å². The van der Waals surface area contributed by atoms with Gasteiger partial charge in [-0.05, 0) is 78.6 Å². The molecule has 0 saturated heterocycles. The van der Waals surface area contributed by atoms with Crippen LogP contribution in [0.4, 0.5) is 15.8 Å². The zero-order valence-electron chi connectivity index (χ0n) is 25.8. The van der Waals surface area contributed by atoms with Gasteiger partial charge in [0.25, 0.3) is 5.69 Å². The average Bonchev–Trinajstić information content (AvgIpc) is 2.96. The van der Waals surface area contributed by atoms with Gasteiger partial charge in [0.05, 0.1) is 4.92 Å². The highest BCUT2D eigenvalue weighted by molar-refractivity contribution is 9.10. The fourth-order valence-corrected chi connectivity index (χ4v) is 5.19. The van der Waals surface area contributed by atoms with Crippen LogP contribution in [0.1, 0.15) is 57.2 Å². The van der Waals surface area contributed by atoms with Crippen molar-refractivity contribution >= 4 is 43.2 Å². The van der Waals surface area contributed by atoms with Crippen LogP contribution in [0.15, 0.2) is 106 Å². The normalized spacial score (nSPS) is 10.5. The average molecular weight is 715 g/mol. The summed E-state index contributed by atoms with van der Waals surface area (Å²) in [4.78, 5) is 13.1. The number of halogens is 3. The van der Waals surface area contributed by atoms with Gasteiger partial charge in [0.15, 0.2) is 0 Å². The zero-order valence-corrected chi connectivity index (χ0v) is 28.9. The molecule has 0 aliphatic rings. The molecule has 230 valence electrons. The maximum atomic E-state index is 12.5. The van der Waals surface area contributed by atoms with Gasteiger partial charge in [-0.3, -0.25) is 10.1 Å². The molecule has 7 heteroatoms. The topological polar surface area (TPSA) is 46.4 Å². The third kappa shape index (κ3) is 14.3. The zero-order chi connectivity index (χ0) is 31.8. The molecule has 4 aromatic carbocycles. The Morgan fingerprint density at radius 2 is 1.35 bits per heavy atom. The summed E-state index contributed by atoms with van der Waals surface area (Å²) in [5.41, 5.74) is 4.07. The van der Waals surface area contributed by atoms with Crippen LogP contribution in [0, 0.1) is 34.7 Å². The molecule has 0 amide bonds. The van der Waals surface area contributed by atoms with Crippen molar-refractivity contribution in [1.82, 2.24) is 0 Å². The molecule has 0 unspecified atom stereocenters. The molecule has 0 atom stereocenters. The van der Waals surface area contributed by atoms with Gasteiger partial charge in [0.2, 0.25) is 0 Å². The van der Waals surface area contributed by atoms with E-state index in [9.17, 15) is 14.5 Å². The number of hydrogen-bond donors (Lipinski definition) is 0. The van der Waals surface area contributed by atoms with Crippen LogP contribution in [0.3, 0.4) is 0 Å². The molecule has 0 radical (unpaired) electrons. The van der Waals surface area contributed by atoms with Gasteiger partial charge in [-0.25, -0.2) is 4.39 Å². The van der Waals surface area contributed by atoms with E-state index in [0.717, 1.165) is 22.5 Å². The van der Waals surface area contributed by atoms with Crippen molar-refractivity contribution < 1.29 is 9.31 Å². The Bertz CT molecular complexity index is 1380.